The Morgan fingerprint density at radius 3 is 2.33 bits per heavy atom. The van der Waals surface area contributed by atoms with Crippen molar-refractivity contribution in [1.82, 2.24) is 0 Å². The first-order valence-electron chi connectivity index (χ1n) is 7.63. The van der Waals surface area contributed by atoms with E-state index in [0.29, 0.717) is 10.8 Å². The highest BCUT2D eigenvalue weighted by atomic mass is 14.4. The minimum Gasteiger partial charge on any atom is -0.103 e. The van der Waals surface area contributed by atoms with Crippen molar-refractivity contribution in [3.8, 4) is 0 Å². The minimum atomic E-state index is 0.297. The molecule has 0 spiro atoms. The summed E-state index contributed by atoms with van der Waals surface area (Å²) in [5, 5.41) is 0. The van der Waals surface area contributed by atoms with E-state index in [2.05, 4.69) is 52.5 Å². The Bertz CT molecular complexity index is 332. The third kappa shape index (κ3) is 3.28. The van der Waals surface area contributed by atoms with Crippen molar-refractivity contribution >= 4 is 0 Å². The molecule has 2 aliphatic rings. The Hall–Kier alpha value is -0.520. The van der Waals surface area contributed by atoms with Crippen LogP contribution in [0.5, 0.6) is 0 Å². The molecule has 0 radical (unpaired) electrons. The molecule has 0 aromatic rings. The van der Waals surface area contributed by atoms with E-state index in [1.54, 1.807) is 0 Å². The Labute approximate surface area is 114 Å². The molecule has 18 heavy (non-hydrogen) atoms. The molecule has 0 aliphatic heterocycles. The van der Waals surface area contributed by atoms with Crippen LogP contribution in [0.3, 0.4) is 0 Å². The van der Waals surface area contributed by atoms with Gasteiger partial charge in [0.1, 0.15) is 0 Å². The van der Waals surface area contributed by atoms with Crippen LogP contribution in [0.15, 0.2) is 24.8 Å². The van der Waals surface area contributed by atoms with Gasteiger partial charge in [0.05, 0.1) is 0 Å². The van der Waals surface area contributed by atoms with Crippen LogP contribution in [0.25, 0.3) is 0 Å². The molecule has 0 aromatic heterocycles. The van der Waals surface area contributed by atoms with Crippen LogP contribution in [0, 0.1) is 28.6 Å². The van der Waals surface area contributed by atoms with E-state index >= 15 is 0 Å². The second-order valence-corrected chi connectivity index (χ2v) is 8.10. The largest absolute Gasteiger partial charge is 0.103 e. The van der Waals surface area contributed by atoms with Gasteiger partial charge in [0, 0.05) is 0 Å². The zero-order chi connectivity index (χ0) is 13.4. The van der Waals surface area contributed by atoms with Crippen LogP contribution in [0.4, 0.5) is 0 Å². The van der Waals surface area contributed by atoms with E-state index in [1.165, 1.54) is 32.1 Å². The molecule has 0 N–H and O–H groups in total. The van der Waals surface area contributed by atoms with Crippen LogP contribution in [-0.4, -0.2) is 0 Å². The maximum absolute atomic E-state index is 3.96. The molecule has 2 bridgehead atoms. The Morgan fingerprint density at radius 1 is 1.11 bits per heavy atom. The number of fused-ring (bicyclic) bond motifs is 2. The summed E-state index contributed by atoms with van der Waals surface area (Å²) in [6, 6.07) is 0. The van der Waals surface area contributed by atoms with Gasteiger partial charge in [-0.15, -0.1) is 6.58 Å². The Kier molecular flexibility index (Phi) is 3.76. The van der Waals surface area contributed by atoms with Crippen molar-refractivity contribution in [3.63, 3.8) is 0 Å². The summed E-state index contributed by atoms with van der Waals surface area (Å²) >= 11 is 0. The highest BCUT2D eigenvalue weighted by Gasteiger charge is 2.38. The summed E-state index contributed by atoms with van der Waals surface area (Å²) in [6.45, 7) is 13.5. The van der Waals surface area contributed by atoms with Crippen LogP contribution < -0.4 is 0 Å². The standard InChI is InChI=1S/C18H30/c1-6-17(2,3)9-10-18(4,5)13-16-12-14-7-8-15(16)11-14/h6-8,14-16H,1,9-13H2,2-5H3. The lowest BCUT2D eigenvalue weighted by atomic mass is 9.72. The maximum atomic E-state index is 3.96. The van der Waals surface area contributed by atoms with Crippen molar-refractivity contribution in [1.29, 1.82) is 0 Å². The molecule has 2 aliphatic carbocycles. The van der Waals surface area contributed by atoms with Crippen LogP contribution in [0.1, 0.15) is 59.8 Å². The molecule has 0 nitrogen and oxygen atoms in total. The Balaban J connectivity index is 1.84. The minimum absolute atomic E-state index is 0.297. The van der Waals surface area contributed by atoms with Crippen molar-refractivity contribution in [2.75, 3.05) is 0 Å². The predicted octanol–water partition coefficient (Wildman–Crippen LogP) is 5.61. The first-order chi connectivity index (χ1) is 8.31. The summed E-state index contributed by atoms with van der Waals surface area (Å²) in [7, 11) is 0. The van der Waals surface area contributed by atoms with Gasteiger partial charge in [0.25, 0.3) is 0 Å². The molecule has 0 aromatic carbocycles. The fourth-order valence-electron chi connectivity index (χ4n) is 3.70. The van der Waals surface area contributed by atoms with Crippen LogP contribution in [-0.2, 0) is 0 Å². The smallest absolute Gasteiger partial charge is 0.0177 e. The van der Waals surface area contributed by atoms with E-state index in [4.69, 9.17) is 0 Å². The summed E-state index contributed by atoms with van der Waals surface area (Å²) in [4.78, 5) is 0. The quantitative estimate of drug-likeness (QED) is 0.535. The highest BCUT2D eigenvalue weighted by molar-refractivity contribution is 5.10. The summed E-state index contributed by atoms with van der Waals surface area (Å²) < 4.78 is 0. The zero-order valence-electron chi connectivity index (χ0n) is 12.7. The zero-order valence-corrected chi connectivity index (χ0v) is 12.7. The first kappa shape index (κ1) is 13.9. The van der Waals surface area contributed by atoms with Gasteiger partial charge in [-0.25, -0.2) is 0 Å². The van der Waals surface area contributed by atoms with E-state index in [-0.39, 0.29) is 0 Å². The maximum Gasteiger partial charge on any atom is -0.0177 e. The Morgan fingerprint density at radius 2 is 1.83 bits per heavy atom. The third-order valence-corrected chi connectivity index (χ3v) is 5.23. The second-order valence-electron chi connectivity index (χ2n) is 8.10. The van der Waals surface area contributed by atoms with Gasteiger partial charge in [-0.05, 0) is 60.7 Å². The van der Waals surface area contributed by atoms with Crippen molar-refractivity contribution in [2.45, 2.75) is 59.8 Å². The fraction of sp³-hybridized carbons (Fsp3) is 0.778. The molecular weight excluding hydrogens is 216 g/mol. The van der Waals surface area contributed by atoms with E-state index in [1.807, 2.05) is 0 Å². The molecule has 3 atom stereocenters. The summed E-state index contributed by atoms with van der Waals surface area (Å²) in [5.74, 6) is 2.78. The summed E-state index contributed by atoms with van der Waals surface area (Å²) in [5.41, 5.74) is 0.787. The number of hydrogen-bond acceptors (Lipinski definition) is 0. The lowest BCUT2D eigenvalue weighted by Crippen LogP contribution is -2.22. The lowest BCUT2D eigenvalue weighted by Gasteiger charge is -2.33. The molecule has 102 valence electrons. The van der Waals surface area contributed by atoms with Gasteiger partial charge in [-0.2, -0.15) is 0 Å². The summed E-state index contributed by atoms with van der Waals surface area (Å²) in [6.07, 6.45) is 13.9. The van der Waals surface area contributed by atoms with Gasteiger partial charge in [-0.3, -0.25) is 0 Å². The normalized spacial score (nSPS) is 31.0. The molecule has 0 amide bonds. The van der Waals surface area contributed by atoms with Crippen LogP contribution >= 0.6 is 0 Å². The molecule has 3 unspecified atom stereocenters. The van der Waals surface area contributed by atoms with Gasteiger partial charge < -0.3 is 0 Å². The number of rotatable bonds is 6. The molecule has 0 heteroatoms. The third-order valence-electron chi connectivity index (χ3n) is 5.23. The van der Waals surface area contributed by atoms with Gasteiger partial charge >= 0.3 is 0 Å². The van der Waals surface area contributed by atoms with Crippen molar-refractivity contribution < 1.29 is 0 Å². The molecule has 2 rings (SSSR count). The van der Waals surface area contributed by atoms with Gasteiger partial charge in [0.2, 0.25) is 0 Å². The number of allylic oxidation sites excluding steroid dienone is 3. The monoisotopic (exact) mass is 246 g/mol. The SMILES string of the molecule is C=CC(C)(C)CCC(C)(C)CC1CC2C=CC1C2. The molecule has 0 heterocycles. The van der Waals surface area contributed by atoms with E-state index in [0.717, 1.165) is 17.8 Å². The van der Waals surface area contributed by atoms with Gasteiger partial charge in [0.15, 0.2) is 0 Å². The van der Waals surface area contributed by atoms with Gasteiger partial charge in [-0.1, -0.05) is 45.9 Å². The van der Waals surface area contributed by atoms with E-state index in [9.17, 15) is 0 Å². The van der Waals surface area contributed by atoms with E-state index < -0.39 is 0 Å². The topological polar surface area (TPSA) is 0 Å². The average molecular weight is 246 g/mol. The first-order valence-corrected chi connectivity index (χ1v) is 7.63. The van der Waals surface area contributed by atoms with Crippen LogP contribution in [0.2, 0.25) is 0 Å². The fourth-order valence-corrected chi connectivity index (χ4v) is 3.70. The second kappa shape index (κ2) is 4.87. The molecule has 0 saturated heterocycles. The number of hydrogen-bond donors (Lipinski definition) is 0. The van der Waals surface area contributed by atoms with Crippen molar-refractivity contribution in [2.24, 2.45) is 28.6 Å². The highest BCUT2D eigenvalue weighted by Crippen LogP contribution is 2.49. The predicted molar refractivity (Wildman–Crippen MR) is 80.5 cm³/mol. The average Bonchev–Trinajstić information content (AvgIpc) is 2.88. The molecule has 1 saturated carbocycles. The molecule has 1 fully saturated rings. The lowest BCUT2D eigenvalue weighted by molar-refractivity contribution is 0.202. The molecular formula is C18H30. The van der Waals surface area contributed by atoms with Crippen molar-refractivity contribution in [3.05, 3.63) is 24.8 Å².